The molecule has 3 heterocycles. The second-order valence-corrected chi connectivity index (χ2v) is 6.39. The Morgan fingerprint density at radius 2 is 2.27 bits per heavy atom. The molecule has 2 aromatic heterocycles. The van der Waals surface area contributed by atoms with E-state index < -0.39 is 5.60 Å². The van der Waals surface area contributed by atoms with E-state index in [1.54, 1.807) is 12.5 Å². The highest BCUT2D eigenvalue weighted by atomic mass is 16.6. The number of nitrogens with zero attached hydrogens (tertiary/aromatic N) is 5. The van der Waals surface area contributed by atoms with Crippen molar-refractivity contribution in [2.75, 3.05) is 18.0 Å². The van der Waals surface area contributed by atoms with Crippen molar-refractivity contribution >= 4 is 17.6 Å². The highest BCUT2D eigenvalue weighted by Crippen LogP contribution is 2.21. The van der Waals surface area contributed by atoms with Crippen LogP contribution in [-0.2, 0) is 4.74 Å². The van der Waals surface area contributed by atoms with Gasteiger partial charge in [-0.2, -0.15) is 0 Å². The molecule has 0 aromatic carbocycles. The summed E-state index contributed by atoms with van der Waals surface area (Å²) in [4.78, 5) is 18.3. The van der Waals surface area contributed by atoms with Gasteiger partial charge in [-0.1, -0.05) is 0 Å². The summed E-state index contributed by atoms with van der Waals surface area (Å²) in [5.41, 5.74) is 0.234. The molecule has 1 amide bonds. The minimum atomic E-state index is -0.489. The summed E-state index contributed by atoms with van der Waals surface area (Å²) < 4.78 is 7.12. The molecule has 0 spiro atoms. The van der Waals surface area contributed by atoms with E-state index in [-0.39, 0.29) is 12.1 Å². The maximum Gasteiger partial charge on any atom is 0.407 e. The Kier molecular flexibility index (Phi) is 3.59. The largest absolute Gasteiger partial charge is 0.444 e. The molecule has 0 saturated carbocycles. The van der Waals surface area contributed by atoms with E-state index in [1.165, 1.54) is 0 Å². The predicted molar refractivity (Wildman–Crippen MR) is 80.8 cm³/mol. The van der Waals surface area contributed by atoms with Gasteiger partial charge in [0.15, 0.2) is 5.82 Å². The zero-order valence-corrected chi connectivity index (χ0v) is 13.0. The van der Waals surface area contributed by atoms with E-state index in [2.05, 4.69) is 25.4 Å². The van der Waals surface area contributed by atoms with E-state index in [1.807, 2.05) is 31.4 Å². The highest BCUT2D eigenvalue weighted by Gasteiger charge is 2.28. The van der Waals surface area contributed by atoms with Crippen molar-refractivity contribution in [3.05, 3.63) is 18.7 Å². The number of ether oxygens (including phenoxy) is 1. The molecule has 1 atom stereocenters. The van der Waals surface area contributed by atoms with Crippen molar-refractivity contribution < 1.29 is 9.53 Å². The van der Waals surface area contributed by atoms with Gasteiger partial charge in [-0.25, -0.2) is 9.78 Å². The maximum atomic E-state index is 11.8. The van der Waals surface area contributed by atoms with Crippen LogP contribution in [0.2, 0.25) is 0 Å². The van der Waals surface area contributed by atoms with Crippen molar-refractivity contribution in [3.63, 3.8) is 0 Å². The van der Waals surface area contributed by atoms with Crippen LogP contribution < -0.4 is 10.2 Å². The van der Waals surface area contributed by atoms with Crippen LogP contribution in [0.4, 0.5) is 10.6 Å². The zero-order chi connectivity index (χ0) is 15.7. The number of hydrogen-bond donors (Lipinski definition) is 1. The SMILES string of the molecule is CC(C)(C)OC(=O)NC1CCN(c2nccn3cnnc23)C1. The Balaban J connectivity index is 1.65. The van der Waals surface area contributed by atoms with Gasteiger partial charge in [0, 0.05) is 25.5 Å². The smallest absolute Gasteiger partial charge is 0.407 e. The van der Waals surface area contributed by atoms with Crippen LogP contribution in [0.5, 0.6) is 0 Å². The first kappa shape index (κ1) is 14.6. The number of hydrogen-bond acceptors (Lipinski definition) is 6. The van der Waals surface area contributed by atoms with Crippen molar-refractivity contribution in [2.45, 2.75) is 38.8 Å². The lowest BCUT2D eigenvalue weighted by atomic mass is 10.2. The van der Waals surface area contributed by atoms with Gasteiger partial charge in [0.25, 0.3) is 0 Å². The fraction of sp³-hybridized carbons (Fsp3) is 0.571. The summed E-state index contributed by atoms with van der Waals surface area (Å²) in [6.45, 7) is 7.04. The minimum absolute atomic E-state index is 0.0415. The quantitative estimate of drug-likeness (QED) is 0.898. The molecule has 1 N–H and O–H groups in total. The van der Waals surface area contributed by atoms with E-state index in [0.29, 0.717) is 6.54 Å². The van der Waals surface area contributed by atoms with Gasteiger partial charge >= 0.3 is 6.09 Å². The lowest BCUT2D eigenvalue weighted by molar-refractivity contribution is 0.0509. The third-order valence-electron chi connectivity index (χ3n) is 3.41. The number of nitrogens with one attached hydrogen (secondary N) is 1. The molecule has 2 aromatic rings. The highest BCUT2D eigenvalue weighted by molar-refractivity contribution is 5.69. The molecule has 1 unspecified atom stereocenters. The molecule has 22 heavy (non-hydrogen) atoms. The molecule has 3 rings (SSSR count). The first-order valence-electron chi connectivity index (χ1n) is 7.31. The molecule has 8 heteroatoms. The van der Waals surface area contributed by atoms with Crippen LogP contribution in [0.25, 0.3) is 5.65 Å². The fourth-order valence-corrected chi connectivity index (χ4v) is 2.51. The molecule has 1 fully saturated rings. The summed E-state index contributed by atoms with van der Waals surface area (Å²) in [5.74, 6) is 0.786. The molecule has 118 valence electrons. The lowest BCUT2D eigenvalue weighted by Gasteiger charge is -2.22. The van der Waals surface area contributed by atoms with Crippen molar-refractivity contribution in [1.82, 2.24) is 24.9 Å². The molecular weight excluding hydrogens is 284 g/mol. The Morgan fingerprint density at radius 3 is 3.05 bits per heavy atom. The second-order valence-electron chi connectivity index (χ2n) is 6.39. The summed E-state index contributed by atoms with van der Waals surface area (Å²) in [6.07, 6.45) is 5.64. The minimum Gasteiger partial charge on any atom is -0.444 e. The number of rotatable bonds is 2. The Bertz CT molecular complexity index is 677. The molecule has 1 aliphatic heterocycles. The molecule has 1 aliphatic rings. The third kappa shape index (κ3) is 3.10. The van der Waals surface area contributed by atoms with Gasteiger partial charge in [-0.3, -0.25) is 4.40 Å². The topological polar surface area (TPSA) is 84.7 Å². The maximum absolute atomic E-state index is 11.8. The van der Waals surface area contributed by atoms with E-state index in [0.717, 1.165) is 24.4 Å². The number of alkyl carbamates (subject to hydrolysis) is 1. The van der Waals surface area contributed by atoms with Crippen LogP contribution in [0.1, 0.15) is 27.2 Å². The zero-order valence-electron chi connectivity index (χ0n) is 13.0. The number of amides is 1. The second kappa shape index (κ2) is 5.43. The fourth-order valence-electron chi connectivity index (χ4n) is 2.51. The van der Waals surface area contributed by atoms with Crippen LogP contribution in [-0.4, -0.2) is 50.4 Å². The van der Waals surface area contributed by atoms with Crippen molar-refractivity contribution in [1.29, 1.82) is 0 Å². The molecule has 0 aliphatic carbocycles. The number of carbonyl (C=O) groups is 1. The third-order valence-corrected chi connectivity index (χ3v) is 3.41. The average molecular weight is 304 g/mol. The van der Waals surface area contributed by atoms with E-state index in [4.69, 9.17) is 4.74 Å². The first-order chi connectivity index (χ1) is 10.4. The van der Waals surface area contributed by atoms with Gasteiger partial charge in [-0.15, -0.1) is 10.2 Å². The molecule has 0 radical (unpaired) electrons. The Hall–Kier alpha value is -2.38. The van der Waals surface area contributed by atoms with E-state index >= 15 is 0 Å². The number of carbonyl (C=O) groups excluding carboxylic acids is 1. The molecule has 8 nitrogen and oxygen atoms in total. The van der Waals surface area contributed by atoms with Crippen LogP contribution in [0.3, 0.4) is 0 Å². The van der Waals surface area contributed by atoms with E-state index in [9.17, 15) is 4.79 Å². The monoisotopic (exact) mass is 304 g/mol. The Morgan fingerprint density at radius 1 is 1.45 bits per heavy atom. The van der Waals surface area contributed by atoms with Gasteiger partial charge in [0.1, 0.15) is 11.9 Å². The van der Waals surface area contributed by atoms with Crippen LogP contribution in [0.15, 0.2) is 18.7 Å². The van der Waals surface area contributed by atoms with Gasteiger partial charge < -0.3 is 15.0 Å². The summed E-state index contributed by atoms with van der Waals surface area (Å²) >= 11 is 0. The molecule has 1 saturated heterocycles. The number of anilines is 1. The van der Waals surface area contributed by atoms with Crippen molar-refractivity contribution in [2.24, 2.45) is 0 Å². The first-order valence-corrected chi connectivity index (χ1v) is 7.31. The van der Waals surface area contributed by atoms with Crippen LogP contribution in [0, 0.1) is 0 Å². The summed E-state index contributed by atoms with van der Waals surface area (Å²) in [5, 5.41) is 10.9. The van der Waals surface area contributed by atoms with Crippen molar-refractivity contribution in [3.8, 4) is 0 Å². The van der Waals surface area contributed by atoms with Crippen LogP contribution >= 0.6 is 0 Å². The summed E-state index contributed by atoms with van der Waals surface area (Å²) in [6, 6.07) is 0.0415. The predicted octanol–water partition coefficient (Wildman–Crippen LogP) is 1.23. The van der Waals surface area contributed by atoms with Gasteiger partial charge in [0.2, 0.25) is 5.65 Å². The van der Waals surface area contributed by atoms with Gasteiger partial charge in [0.05, 0.1) is 6.04 Å². The lowest BCUT2D eigenvalue weighted by Crippen LogP contribution is -2.40. The summed E-state index contributed by atoms with van der Waals surface area (Å²) in [7, 11) is 0. The average Bonchev–Trinajstić information content (AvgIpc) is 3.04. The Labute approximate surface area is 128 Å². The normalized spacial score (nSPS) is 18.7. The molecular formula is C14H20N6O2. The number of aromatic nitrogens is 4. The number of fused-ring (bicyclic) bond motifs is 1. The standard InChI is InChI=1S/C14H20N6O2/c1-14(2,3)22-13(21)17-10-4-6-19(8-10)11-12-18-16-9-20(12)7-5-15-11/h5,7,9-10H,4,6,8H2,1-3H3,(H,17,21). The van der Waals surface area contributed by atoms with Gasteiger partial charge in [-0.05, 0) is 27.2 Å². The molecule has 0 bridgehead atoms.